The maximum Gasteiger partial charge on any atom is 0.306 e. The SMILES string of the molecule is Cc1cccc(N2CCN(c3cc(N4CCC(C(=O)O)CC4)ncn3)CC2)c1. The molecule has 2 fully saturated rings. The van der Waals surface area contributed by atoms with E-state index in [1.165, 1.54) is 11.3 Å². The van der Waals surface area contributed by atoms with Gasteiger partial charge < -0.3 is 19.8 Å². The van der Waals surface area contributed by atoms with E-state index in [4.69, 9.17) is 0 Å². The topological polar surface area (TPSA) is 72.8 Å². The lowest BCUT2D eigenvalue weighted by Gasteiger charge is -2.37. The average molecular weight is 381 g/mol. The second-order valence-corrected chi connectivity index (χ2v) is 7.65. The molecule has 0 atom stereocenters. The number of aliphatic carboxylic acids is 1. The predicted octanol–water partition coefficient (Wildman–Crippen LogP) is 2.41. The number of hydrogen-bond acceptors (Lipinski definition) is 6. The lowest BCUT2D eigenvalue weighted by Crippen LogP contribution is -2.47. The van der Waals surface area contributed by atoms with Gasteiger partial charge in [-0.3, -0.25) is 4.79 Å². The second-order valence-electron chi connectivity index (χ2n) is 7.65. The molecule has 1 N–H and O–H groups in total. The third-order valence-electron chi connectivity index (χ3n) is 5.78. The van der Waals surface area contributed by atoms with Gasteiger partial charge in [-0.05, 0) is 37.5 Å². The van der Waals surface area contributed by atoms with Crippen LogP contribution < -0.4 is 14.7 Å². The summed E-state index contributed by atoms with van der Waals surface area (Å²) in [5.41, 5.74) is 2.57. The number of anilines is 3. The van der Waals surface area contributed by atoms with Crippen LogP contribution in [0, 0.1) is 12.8 Å². The molecule has 7 nitrogen and oxygen atoms in total. The summed E-state index contributed by atoms with van der Waals surface area (Å²) < 4.78 is 0. The number of benzene rings is 1. The smallest absolute Gasteiger partial charge is 0.306 e. The van der Waals surface area contributed by atoms with E-state index >= 15 is 0 Å². The fraction of sp³-hybridized carbons (Fsp3) is 0.476. The zero-order chi connectivity index (χ0) is 19.5. The number of nitrogens with zero attached hydrogens (tertiary/aromatic N) is 5. The van der Waals surface area contributed by atoms with Crippen LogP contribution in [0.1, 0.15) is 18.4 Å². The summed E-state index contributed by atoms with van der Waals surface area (Å²) in [7, 11) is 0. The van der Waals surface area contributed by atoms with Crippen molar-refractivity contribution in [3.05, 3.63) is 42.2 Å². The van der Waals surface area contributed by atoms with Crippen LogP contribution in [0.3, 0.4) is 0 Å². The van der Waals surface area contributed by atoms with E-state index in [1.807, 2.05) is 6.07 Å². The summed E-state index contributed by atoms with van der Waals surface area (Å²) in [5.74, 6) is 0.936. The highest BCUT2D eigenvalue weighted by molar-refractivity contribution is 5.70. The number of rotatable bonds is 4. The fourth-order valence-electron chi connectivity index (χ4n) is 4.06. The molecule has 2 aliphatic rings. The van der Waals surface area contributed by atoms with Crippen molar-refractivity contribution in [1.82, 2.24) is 9.97 Å². The number of carbonyl (C=O) groups is 1. The van der Waals surface area contributed by atoms with Crippen LogP contribution in [-0.2, 0) is 4.79 Å². The summed E-state index contributed by atoms with van der Waals surface area (Å²) in [4.78, 5) is 27.0. The molecule has 7 heteroatoms. The average Bonchev–Trinajstić information content (AvgIpc) is 2.74. The van der Waals surface area contributed by atoms with Crippen LogP contribution >= 0.6 is 0 Å². The van der Waals surface area contributed by atoms with E-state index in [0.717, 1.165) is 50.9 Å². The van der Waals surface area contributed by atoms with E-state index in [-0.39, 0.29) is 5.92 Å². The van der Waals surface area contributed by atoms with Crippen molar-refractivity contribution < 1.29 is 9.90 Å². The van der Waals surface area contributed by atoms with Crippen LogP contribution in [0.25, 0.3) is 0 Å². The largest absolute Gasteiger partial charge is 0.481 e. The van der Waals surface area contributed by atoms with E-state index in [0.29, 0.717) is 12.8 Å². The summed E-state index contributed by atoms with van der Waals surface area (Å²) in [6, 6.07) is 10.7. The van der Waals surface area contributed by atoms with Gasteiger partial charge in [0, 0.05) is 51.0 Å². The van der Waals surface area contributed by atoms with Gasteiger partial charge in [0.1, 0.15) is 18.0 Å². The molecule has 1 aromatic heterocycles. The molecule has 148 valence electrons. The minimum absolute atomic E-state index is 0.229. The maximum atomic E-state index is 11.2. The minimum Gasteiger partial charge on any atom is -0.481 e. The summed E-state index contributed by atoms with van der Waals surface area (Å²) >= 11 is 0. The molecule has 0 amide bonds. The Hall–Kier alpha value is -2.83. The molecule has 3 heterocycles. The number of aryl methyl sites for hydroxylation is 1. The number of carboxylic acids is 1. The Bertz CT molecular complexity index is 827. The Morgan fingerprint density at radius 1 is 0.929 bits per heavy atom. The Labute approximate surface area is 165 Å². The van der Waals surface area contributed by atoms with Gasteiger partial charge in [-0.15, -0.1) is 0 Å². The first-order valence-electron chi connectivity index (χ1n) is 9.96. The zero-order valence-corrected chi connectivity index (χ0v) is 16.3. The Morgan fingerprint density at radius 2 is 1.54 bits per heavy atom. The van der Waals surface area contributed by atoms with Crippen molar-refractivity contribution in [1.29, 1.82) is 0 Å². The summed E-state index contributed by atoms with van der Waals surface area (Å²) in [6.07, 6.45) is 2.97. The highest BCUT2D eigenvalue weighted by Crippen LogP contribution is 2.25. The second kappa shape index (κ2) is 8.04. The van der Waals surface area contributed by atoms with Crippen molar-refractivity contribution in [2.45, 2.75) is 19.8 Å². The van der Waals surface area contributed by atoms with Crippen LogP contribution in [0.5, 0.6) is 0 Å². The monoisotopic (exact) mass is 381 g/mol. The van der Waals surface area contributed by atoms with E-state index in [9.17, 15) is 9.90 Å². The molecule has 1 aromatic carbocycles. The van der Waals surface area contributed by atoms with Gasteiger partial charge in [0.15, 0.2) is 0 Å². The van der Waals surface area contributed by atoms with Crippen molar-refractivity contribution in [3.8, 4) is 0 Å². The number of aromatic nitrogens is 2. The quantitative estimate of drug-likeness (QED) is 0.872. The molecule has 0 spiro atoms. The van der Waals surface area contributed by atoms with E-state index in [1.54, 1.807) is 6.33 Å². The first kappa shape index (κ1) is 18.5. The number of carboxylic acid groups (broad SMARTS) is 1. The third kappa shape index (κ3) is 4.03. The van der Waals surface area contributed by atoms with E-state index < -0.39 is 5.97 Å². The van der Waals surface area contributed by atoms with Gasteiger partial charge in [0.05, 0.1) is 5.92 Å². The zero-order valence-electron chi connectivity index (χ0n) is 16.3. The van der Waals surface area contributed by atoms with Gasteiger partial charge in [0.2, 0.25) is 0 Å². The molecule has 2 aliphatic heterocycles. The number of piperazine rings is 1. The van der Waals surface area contributed by atoms with E-state index in [2.05, 4.69) is 55.9 Å². The highest BCUT2D eigenvalue weighted by Gasteiger charge is 2.26. The van der Waals surface area contributed by atoms with Gasteiger partial charge in [-0.2, -0.15) is 0 Å². The molecule has 2 aromatic rings. The maximum absolute atomic E-state index is 11.2. The molecular formula is C21H27N5O2. The standard InChI is InChI=1S/C21H27N5O2/c1-16-3-2-4-18(13-16)24-9-11-26(12-10-24)20-14-19(22-15-23-20)25-7-5-17(6-8-25)21(27)28/h2-4,13-15,17H,5-12H2,1H3,(H,27,28). The molecule has 28 heavy (non-hydrogen) atoms. The van der Waals surface area contributed by atoms with Crippen LogP contribution in [0.2, 0.25) is 0 Å². The van der Waals surface area contributed by atoms with Crippen molar-refractivity contribution in [2.75, 3.05) is 54.0 Å². The number of piperidine rings is 1. The Morgan fingerprint density at radius 3 is 2.14 bits per heavy atom. The van der Waals surface area contributed by atoms with Crippen molar-refractivity contribution in [2.24, 2.45) is 5.92 Å². The van der Waals surface area contributed by atoms with Crippen LogP contribution in [0.15, 0.2) is 36.7 Å². The van der Waals surface area contributed by atoms with Gasteiger partial charge >= 0.3 is 5.97 Å². The molecule has 2 saturated heterocycles. The minimum atomic E-state index is -0.686. The molecule has 0 unspecified atom stereocenters. The van der Waals surface area contributed by atoms with Gasteiger partial charge in [-0.25, -0.2) is 9.97 Å². The lowest BCUT2D eigenvalue weighted by atomic mass is 9.97. The first-order valence-corrected chi connectivity index (χ1v) is 9.96. The normalized spacial score (nSPS) is 18.4. The van der Waals surface area contributed by atoms with Crippen LogP contribution in [-0.4, -0.2) is 60.3 Å². The van der Waals surface area contributed by atoms with Gasteiger partial charge in [0.25, 0.3) is 0 Å². The lowest BCUT2D eigenvalue weighted by molar-refractivity contribution is -0.142. The van der Waals surface area contributed by atoms with Gasteiger partial charge in [-0.1, -0.05) is 12.1 Å². The number of hydrogen-bond donors (Lipinski definition) is 1. The molecule has 0 aliphatic carbocycles. The summed E-state index contributed by atoms with van der Waals surface area (Å²) in [5, 5.41) is 9.17. The molecule has 0 bridgehead atoms. The Balaban J connectivity index is 1.38. The Kier molecular flexibility index (Phi) is 5.32. The molecule has 0 radical (unpaired) electrons. The molecule has 0 saturated carbocycles. The molecule has 4 rings (SSSR count). The summed E-state index contributed by atoms with van der Waals surface area (Å²) in [6.45, 7) is 7.36. The van der Waals surface area contributed by atoms with Crippen molar-refractivity contribution in [3.63, 3.8) is 0 Å². The first-order chi connectivity index (χ1) is 13.6. The van der Waals surface area contributed by atoms with Crippen molar-refractivity contribution >= 4 is 23.3 Å². The fourth-order valence-corrected chi connectivity index (χ4v) is 4.06. The predicted molar refractivity (Wildman–Crippen MR) is 110 cm³/mol. The van der Waals surface area contributed by atoms with Crippen LogP contribution in [0.4, 0.5) is 17.3 Å². The third-order valence-corrected chi connectivity index (χ3v) is 5.78. The highest BCUT2D eigenvalue weighted by atomic mass is 16.4. The molecular weight excluding hydrogens is 354 g/mol.